The lowest BCUT2D eigenvalue weighted by Gasteiger charge is -2.05. The average Bonchev–Trinajstić information content (AvgIpc) is 3.16. The van der Waals surface area contributed by atoms with Gasteiger partial charge in [-0.2, -0.15) is 0 Å². The van der Waals surface area contributed by atoms with Gasteiger partial charge in [0.05, 0.1) is 5.69 Å². The first-order valence-corrected chi connectivity index (χ1v) is 9.62. The fourth-order valence-corrected chi connectivity index (χ4v) is 3.06. The van der Waals surface area contributed by atoms with Crippen LogP contribution in [-0.2, 0) is 0 Å². The molecule has 4 aromatic rings. The van der Waals surface area contributed by atoms with Crippen LogP contribution in [-0.4, -0.2) is 20.7 Å². The van der Waals surface area contributed by atoms with Crippen molar-refractivity contribution in [2.75, 3.05) is 5.32 Å². The van der Waals surface area contributed by atoms with Crippen molar-refractivity contribution in [1.82, 2.24) is 14.8 Å². The Labute approximate surface area is 175 Å². The van der Waals surface area contributed by atoms with Gasteiger partial charge >= 0.3 is 0 Å². The number of hydrogen-bond donors (Lipinski definition) is 1. The number of nitrogens with one attached hydrogen (secondary N) is 1. The van der Waals surface area contributed by atoms with E-state index in [4.69, 9.17) is 11.6 Å². The predicted octanol–water partition coefficient (Wildman–Crippen LogP) is 5.60. The molecule has 0 bridgehead atoms. The van der Waals surface area contributed by atoms with E-state index in [2.05, 4.69) is 31.3 Å². The van der Waals surface area contributed by atoms with Gasteiger partial charge < -0.3 is 5.32 Å². The van der Waals surface area contributed by atoms with Gasteiger partial charge in [-0.25, -0.2) is 9.67 Å². The number of carbonyl (C=O) groups excluding carboxylic acids is 1. The van der Waals surface area contributed by atoms with Crippen molar-refractivity contribution >= 4 is 39.1 Å². The van der Waals surface area contributed by atoms with Crippen LogP contribution in [0.4, 0.5) is 5.69 Å². The van der Waals surface area contributed by atoms with Gasteiger partial charge in [0, 0.05) is 20.7 Å². The first-order chi connectivity index (χ1) is 13.6. The van der Waals surface area contributed by atoms with Gasteiger partial charge in [-0.1, -0.05) is 57.9 Å². The zero-order valence-electron chi connectivity index (χ0n) is 14.5. The van der Waals surface area contributed by atoms with Crippen molar-refractivity contribution in [3.63, 3.8) is 0 Å². The standard InChI is InChI=1S/C21H14BrClN4O/c22-15-6-10-17(11-7-15)24-21(28)19-25-20(14-4-2-1-3-5-14)27(26-19)18-12-8-16(23)9-13-18/h1-13H,(H,24,28). The fraction of sp³-hybridized carbons (Fsp3) is 0. The summed E-state index contributed by atoms with van der Waals surface area (Å²) in [5.41, 5.74) is 2.28. The van der Waals surface area contributed by atoms with Crippen molar-refractivity contribution in [3.05, 3.63) is 94.2 Å². The minimum Gasteiger partial charge on any atom is -0.319 e. The van der Waals surface area contributed by atoms with Gasteiger partial charge in [-0.3, -0.25) is 4.79 Å². The molecule has 0 aliphatic heterocycles. The summed E-state index contributed by atoms with van der Waals surface area (Å²) in [6, 6.07) is 24.1. The summed E-state index contributed by atoms with van der Waals surface area (Å²) in [6.07, 6.45) is 0. The minimum atomic E-state index is -0.382. The maximum atomic E-state index is 12.7. The van der Waals surface area contributed by atoms with Crippen molar-refractivity contribution in [2.45, 2.75) is 0 Å². The Hall–Kier alpha value is -2.96. The Morgan fingerprint density at radius 3 is 2.29 bits per heavy atom. The lowest BCUT2D eigenvalue weighted by atomic mass is 10.2. The van der Waals surface area contributed by atoms with Gasteiger partial charge in [0.15, 0.2) is 5.82 Å². The molecule has 0 spiro atoms. The average molecular weight is 454 g/mol. The maximum absolute atomic E-state index is 12.7. The second-order valence-electron chi connectivity index (χ2n) is 5.97. The van der Waals surface area contributed by atoms with Gasteiger partial charge in [0.2, 0.25) is 5.82 Å². The summed E-state index contributed by atoms with van der Waals surface area (Å²) in [7, 11) is 0. The lowest BCUT2D eigenvalue weighted by Crippen LogP contribution is -2.14. The number of hydrogen-bond acceptors (Lipinski definition) is 3. The highest BCUT2D eigenvalue weighted by atomic mass is 79.9. The third-order valence-electron chi connectivity index (χ3n) is 4.02. The van der Waals surface area contributed by atoms with E-state index >= 15 is 0 Å². The molecule has 7 heteroatoms. The number of rotatable bonds is 4. The SMILES string of the molecule is O=C(Nc1ccc(Br)cc1)c1nc(-c2ccccc2)n(-c2ccc(Cl)cc2)n1. The summed E-state index contributed by atoms with van der Waals surface area (Å²) in [5.74, 6) is 0.271. The number of nitrogens with zero attached hydrogens (tertiary/aromatic N) is 3. The number of aromatic nitrogens is 3. The maximum Gasteiger partial charge on any atom is 0.295 e. The van der Waals surface area contributed by atoms with Gasteiger partial charge in [-0.15, -0.1) is 5.10 Å². The zero-order chi connectivity index (χ0) is 19.5. The molecule has 5 nitrogen and oxygen atoms in total. The predicted molar refractivity (Wildman–Crippen MR) is 114 cm³/mol. The van der Waals surface area contributed by atoms with E-state index in [0.29, 0.717) is 16.5 Å². The molecule has 28 heavy (non-hydrogen) atoms. The Morgan fingerprint density at radius 1 is 0.929 bits per heavy atom. The molecule has 1 aromatic heterocycles. The lowest BCUT2D eigenvalue weighted by molar-refractivity contribution is 0.101. The molecule has 1 N–H and O–H groups in total. The monoisotopic (exact) mass is 452 g/mol. The molecule has 0 fully saturated rings. The third-order valence-corrected chi connectivity index (χ3v) is 4.80. The van der Waals surface area contributed by atoms with E-state index < -0.39 is 0 Å². The molecule has 0 unspecified atom stereocenters. The molecule has 0 saturated carbocycles. The van der Waals surface area contributed by atoms with E-state index in [-0.39, 0.29) is 11.7 Å². The molecule has 1 heterocycles. The fourth-order valence-electron chi connectivity index (χ4n) is 2.66. The topological polar surface area (TPSA) is 59.8 Å². The van der Waals surface area contributed by atoms with Crippen LogP contribution in [0.5, 0.6) is 0 Å². The van der Waals surface area contributed by atoms with E-state index in [1.54, 1.807) is 28.9 Å². The van der Waals surface area contributed by atoms with Crippen LogP contribution in [0, 0.1) is 0 Å². The molecule has 3 aromatic carbocycles. The van der Waals surface area contributed by atoms with E-state index in [0.717, 1.165) is 15.7 Å². The molecular weight excluding hydrogens is 440 g/mol. The number of carbonyl (C=O) groups is 1. The summed E-state index contributed by atoms with van der Waals surface area (Å²) < 4.78 is 2.57. The molecule has 0 aliphatic carbocycles. The van der Waals surface area contributed by atoms with E-state index in [1.165, 1.54) is 0 Å². The first-order valence-electron chi connectivity index (χ1n) is 8.45. The molecule has 0 radical (unpaired) electrons. The Balaban J connectivity index is 1.73. The first kappa shape index (κ1) is 18.4. The molecule has 0 atom stereocenters. The van der Waals surface area contributed by atoms with E-state index in [1.807, 2.05) is 54.6 Å². The van der Waals surface area contributed by atoms with Gasteiger partial charge in [0.1, 0.15) is 0 Å². The summed E-state index contributed by atoms with van der Waals surface area (Å²) in [6.45, 7) is 0. The summed E-state index contributed by atoms with van der Waals surface area (Å²) in [4.78, 5) is 17.2. The number of amides is 1. The molecule has 0 aliphatic rings. The van der Waals surface area contributed by atoms with Crippen molar-refractivity contribution < 1.29 is 4.79 Å². The van der Waals surface area contributed by atoms with Crippen LogP contribution >= 0.6 is 27.5 Å². The van der Waals surface area contributed by atoms with Crippen LogP contribution in [0.2, 0.25) is 5.02 Å². The Bertz CT molecular complexity index is 1110. The van der Waals surface area contributed by atoms with Crippen molar-refractivity contribution in [2.24, 2.45) is 0 Å². The smallest absolute Gasteiger partial charge is 0.295 e. The third kappa shape index (κ3) is 3.98. The summed E-state index contributed by atoms with van der Waals surface area (Å²) >= 11 is 9.38. The van der Waals surface area contributed by atoms with Crippen LogP contribution in [0.25, 0.3) is 17.1 Å². The highest BCUT2D eigenvalue weighted by Gasteiger charge is 2.19. The normalized spacial score (nSPS) is 10.6. The van der Waals surface area contributed by atoms with E-state index in [9.17, 15) is 4.79 Å². The Kier molecular flexibility index (Phi) is 5.23. The number of anilines is 1. The highest BCUT2D eigenvalue weighted by Crippen LogP contribution is 2.23. The molecular formula is C21H14BrClN4O. The second kappa shape index (κ2) is 7.96. The zero-order valence-corrected chi connectivity index (χ0v) is 16.9. The van der Waals surface area contributed by atoms with Gasteiger partial charge in [0.25, 0.3) is 5.91 Å². The van der Waals surface area contributed by atoms with Crippen LogP contribution in [0.1, 0.15) is 10.6 Å². The number of halogens is 2. The summed E-state index contributed by atoms with van der Waals surface area (Å²) in [5, 5.41) is 7.88. The largest absolute Gasteiger partial charge is 0.319 e. The van der Waals surface area contributed by atoms with Crippen molar-refractivity contribution in [3.8, 4) is 17.1 Å². The highest BCUT2D eigenvalue weighted by molar-refractivity contribution is 9.10. The van der Waals surface area contributed by atoms with Crippen LogP contribution < -0.4 is 5.32 Å². The quantitative estimate of drug-likeness (QED) is 0.437. The van der Waals surface area contributed by atoms with Crippen molar-refractivity contribution in [1.29, 1.82) is 0 Å². The van der Waals surface area contributed by atoms with Crippen LogP contribution in [0.3, 0.4) is 0 Å². The minimum absolute atomic E-state index is 0.0803. The molecule has 4 rings (SSSR count). The number of benzene rings is 3. The molecule has 1 amide bonds. The molecule has 0 saturated heterocycles. The molecule has 138 valence electrons. The second-order valence-corrected chi connectivity index (χ2v) is 7.33. The Morgan fingerprint density at radius 2 is 1.61 bits per heavy atom. The van der Waals surface area contributed by atoms with Gasteiger partial charge in [-0.05, 0) is 48.5 Å². The van der Waals surface area contributed by atoms with Crippen LogP contribution in [0.15, 0.2) is 83.3 Å².